The highest BCUT2D eigenvalue weighted by atomic mass is 16.3. The van der Waals surface area contributed by atoms with Gasteiger partial charge in [0.2, 0.25) is 5.91 Å². The van der Waals surface area contributed by atoms with Crippen LogP contribution in [0, 0.1) is 0 Å². The summed E-state index contributed by atoms with van der Waals surface area (Å²) >= 11 is 0. The van der Waals surface area contributed by atoms with Crippen molar-refractivity contribution in [2.24, 2.45) is 0 Å². The number of nitrogens with zero attached hydrogens (tertiary/aromatic N) is 1. The summed E-state index contributed by atoms with van der Waals surface area (Å²) in [4.78, 5) is 14.5. The van der Waals surface area contributed by atoms with Crippen LogP contribution in [0.1, 0.15) is 36.3 Å². The minimum atomic E-state index is 0.0851. The smallest absolute Gasteiger partial charge is 0.224 e. The molecule has 0 radical (unpaired) electrons. The minimum Gasteiger partial charge on any atom is -0.508 e. The number of hydrogen-bond acceptors (Lipinski definition) is 3. The summed E-state index contributed by atoms with van der Waals surface area (Å²) in [5, 5.41) is 12.8. The summed E-state index contributed by atoms with van der Waals surface area (Å²) in [7, 11) is 0. The first-order valence-electron chi connectivity index (χ1n) is 9.09. The lowest BCUT2D eigenvalue weighted by atomic mass is 10.1. The van der Waals surface area contributed by atoms with Crippen LogP contribution in [0.15, 0.2) is 48.5 Å². The van der Waals surface area contributed by atoms with E-state index >= 15 is 0 Å². The number of anilines is 1. The Labute approximate surface area is 148 Å². The summed E-state index contributed by atoms with van der Waals surface area (Å²) in [5.74, 6) is 1.12. The van der Waals surface area contributed by atoms with Gasteiger partial charge in [-0.2, -0.15) is 0 Å². The number of phenols is 1. The number of nitrogens with one attached hydrogen (secondary N) is 1. The first kappa shape index (κ1) is 16.0. The van der Waals surface area contributed by atoms with Crippen molar-refractivity contribution in [3.05, 3.63) is 59.7 Å². The predicted molar refractivity (Wildman–Crippen MR) is 99.0 cm³/mol. The molecule has 1 amide bonds. The highest BCUT2D eigenvalue weighted by Crippen LogP contribution is 2.39. The predicted octanol–water partition coefficient (Wildman–Crippen LogP) is 3.21. The maximum Gasteiger partial charge on any atom is 0.224 e. The monoisotopic (exact) mass is 336 g/mol. The van der Waals surface area contributed by atoms with Crippen molar-refractivity contribution >= 4 is 11.6 Å². The van der Waals surface area contributed by atoms with E-state index in [0.717, 1.165) is 36.7 Å². The van der Waals surface area contributed by atoms with Gasteiger partial charge in [0.25, 0.3) is 0 Å². The van der Waals surface area contributed by atoms with E-state index in [-0.39, 0.29) is 17.7 Å². The van der Waals surface area contributed by atoms with Crippen LogP contribution in [0.2, 0.25) is 0 Å². The van der Waals surface area contributed by atoms with Crippen LogP contribution in [0.5, 0.6) is 5.75 Å². The van der Waals surface area contributed by atoms with E-state index < -0.39 is 0 Å². The number of benzene rings is 2. The number of phenolic OH excluding ortho intramolecular Hbond substituents is 1. The van der Waals surface area contributed by atoms with Gasteiger partial charge in [0.1, 0.15) is 5.75 Å². The second-order valence-electron chi connectivity index (χ2n) is 7.21. The highest BCUT2D eigenvalue weighted by molar-refractivity contribution is 5.79. The van der Waals surface area contributed by atoms with Gasteiger partial charge in [-0.15, -0.1) is 0 Å². The summed E-state index contributed by atoms with van der Waals surface area (Å²) in [6.07, 6.45) is 3.98. The van der Waals surface area contributed by atoms with Crippen LogP contribution in [-0.4, -0.2) is 30.1 Å². The molecule has 4 rings (SSSR count). The van der Waals surface area contributed by atoms with E-state index in [1.54, 1.807) is 12.1 Å². The Morgan fingerprint density at radius 2 is 1.92 bits per heavy atom. The number of aromatic hydroxyl groups is 1. The van der Waals surface area contributed by atoms with Gasteiger partial charge in [-0.05, 0) is 48.4 Å². The van der Waals surface area contributed by atoms with Crippen LogP contribution in [-0.2, 0) is 11.2 Å². The lowest BCUT2D eigenvalue weighted by molar-refractivity contribution is -0.121. The fourth-order valence-corrected chi connectivity index (χ4v) is 3.59. The van der Waals surface area contributed by atoms with Crippen molar-refractivity contribution in [3.8, 4) is 5.75 Å². The molecule has 25 heavy (non-hydrogen) atoms. The quantitative estimate of drug-likeness (QED) is 0.881. The van der Waals surface area contributed by atoms with Gasteiger partial charge in [0.05, 0.1) is 6.42 Å². The van der Waals surface area contributed by atoms with Gasteiger partial charge in [0.15, 0.2) is 0 Å². The molecule has 0 spiro atoms. The molecule has 1 aliphatic heterocycles. The normalized spacial score (nSPS) is 19.8. The topological polar surface area (TPSA) is 52.6 Å². The van der Waals surface area contributed by atoms with E-state index in [4.69, 9.17) is 0 Å². The maximum atomic E-state index is 12.3. The summed E-state index contributed by atoms with van der Waals surface area (Å²) in [5.41, 5.74) is 3.49. The van der Waals surface area contributed by atoms with Crippen molar-refractivity contribution in [1.29, 1.82) is 0 Å². The van der Waals surface area contributed by atoms with Gasteiger partial charge >= 0.3 is 0 Å². The maximum absolute atomic E-state index is 12.3. The summed E-state index contributed by atoms with van der Waals surface area (Å²) in [6.45, 7) is 1.68. The third-order valence-electron chi connectivity index (χ3n) is 5.14. The largest absolute Gasteiger partial charge is 0.508 e. The Kier molecular flexibility index (Phi) is 4.35. The van der Waals surface area contributed by atoms with E-state index in [0.29, 0.717) is 6.42 Å². The van der Waals surface area contributed by atoms with Crippen LogP contribution in [0.4, 0.5) is 5.69 Å². The molecule has 2 N–H and O–H groups in total. The molecule has 2 aliphatic rings. The van der Waals surface area contributed by atoms with Crippen molar-refractivity contribution < 1.29 is 9.90 Å². The Bertz CT molecular complexity index is 753. The zero-order valence-corrected chi connectivity index (χ0v) is 14.3. The number of carbonyl (C=O) groups excluding carboxylic acids is 1. The number of hydrogen-bond donors (Lipinski definition) is 2. The molecule has 0 aromatic heterocycles. The molecule has 130 valence electrons. The van der Waals surface area contributed by atoms with Crippen molar-refractivity contribution in [1.82, 2.24) is 5.32 Å². The Morgan fingerprint density at radius 3 is 2.64 bits per heavy atom. The van der Waals surface area contributed by atoms with Gasteiger partial charge in [-0.1, -0.05) is 30.3 Å². The second kappa shape index (κ2) is 6.79. The molecule has 4 nitrogen and oxygen atoms in total. The molecule has 2 aromatic carbocycles. The fourth-order valence-electron chi connectivity index (χ4n) is 3.59. The van der Waals surface area contributed by atoms with Crippen LogP contribution in [0.3, 0.4) is 0 Å². The summed E-state index contributed by atoms with van der Waals surface area (Å²) < 4.78 is 0. The Morgan fingerprint density at radius 1 is 1.12 bits per heavy atom. The Balaban J connectivity index is 1.29. The lowest BCUT2D eigenvalue weighted by Crippen LogP contribution is -2.37. The number of rotatable bonds is 5. The molecular weight excluding hydrogens is 312 g/mol. The van der Waals surface area contributed by atoms with Crippen molar-refractivity contribution in [2.75, 3.05) is 18.0 Å². The molecule has 0 bridgehead atoms. The average Bonchev–Trinajstić information content (AvgIpc) is 3.35. The number of carbonyl (C=O) groups is 1. The molecule has 0 unspecified atom stereocenters. The molecule has 2 fully saturated rings. The van der Waals surface area contributed by atoms with Crippen molar-refractivity contribution in [3.63, 3.8) is 0 Å². The standard InChI is InChI=1S/C21H24N2O2/c24-20-3-1-2-19(13-20)23-11-10-18(14-23)22-21(25)12-15-4-6-16(7-5-15)17-8-9-17/h1-7,13,17-18,24H,8-12,14H2,(H,22,25)/t18-/m1/s1. The van der Waals surface area contributed by atoms with Crippen molar-refractivity contribution in [2.45, 2.75) is 37.6 Å². The zero-order valence-electron chi connectivity index (χ0n) is 14.3. The third kappa shape index (κ3) is 3.95. The summed E-state index contributed by atoms with van der Waals surface area (Å²) in [6, 6.07) is 16.0. The van der Waals surface area contributed by atoms with Crippen LogP contribution in [0.25, 0.3) is 0 Å². The zero-order chi connectivity index (χ0) is 17.2. The molecule has 1 aliphatic carbocycles. The first-order valence-corrected chi connectivity index (χ1v) is 9.09. The third-order valence-corrected chi connectivity index (χ3v) is 5.14. The van der Waals surface area contributed by atoms with Crippen LogP contribution >= 0.6 is 0 Å². The van der Waals surface area contributed by atoms with Gasteiger partial charge < -0.3 is 15.3 Å². The number of amides is 1. The van der Waals surface area contributed by atoms with E-state index in [1.807, 2.05) is 12.1 Å². The van der Waals surface area contributed by atoms with Gasteiger partial charge in [-0.3, -0.25) is 4.79 Å². The Hall–Kier alpha value is -2.49. The minimum absolute atomic E-state index is 0.0851. The fraction of sp³-hybridized carbons (Fsp3) is 0.381. The van der Waals surface area contributed by atoms with E-state index in [9.17, 15) is 9.90 Å². The molecular formula is C21H24N2O2. The van der Waals surface area contributed by atoms with Gasteiger partial charge in [0, 0.05) is 30.9 Å². The average molecular weight is 336 g/mol. The molecule has 1 saturated heterocycles. The molecule has 2 aromatic rings. The SMILES string of the molecule is O=C(Cc1ccc(C2CC2)cc1)N[C@@H]1CCN(c2cccc(O)c2)C1. The van der Waals surface area contributed by atoms with E-state index in [1.165, 1.54) is 18.4 Å². The van der Waals surface area contributed by atoms with Crippen LogP contribution < -0.4 is 10.2 Å². The van der Waals surface area contributed by atoms with Gasteiger partial charge in [-0.25, -0.2) is 0 Å². The highest BCUT2D eigenvalue weighted by Gasteiger charge is 2.25. The molecule has 4 heteroatoms. The lowest BCUT2D eigenvalue weighted by Gasteiger charge is -2.19. The molecule has 1 saturated carbocycles. The first-order chi connectivity index (χ1) is 12.2. The molecule has 1 atom stereocenters. The molecule has 1 heterocycles. The second-order valence-corrected chi connectivity index (χ2v) is 7.21. The van der Waals surface area contributed by atoms with E-state index in [2.05, 4.69) is 34.5 Å².